The minimum Gasteiger partial charge on any atom is -0.452 e. The summed E-state index contributed by atoms with van der Waals surface area (Å²) in [6, 6.07) is 0. The van der Waals surface area contributed by atoms with Crippen LogP contribution in [-0.2, 0) is 4.74 Å². The Balaban J connectivity index is 2.65. The van der Waals surface area contributed by atoms with Crippen LogP contribution in [0.4, 0.5) is 4.79 Å². The molecule has 0 saturated heterocycles. The van der Waals surface area contributed by atoms with Crippen molar-refractivity contribution in [2.45, 2.75) is 6.29 Å². The van der Waals surface area contributed by atoms with Gasteiger partial charge in [0.15, 0.2) is 6.29 Å². The van der Waals surface area contributed by atoms with Gasteiger partial charge in [0.2, 0.25) is 0 Å². The normalized spacial score (nSPS) is 22.0. The summed E-state index contributed by atoms with van der Waals surface area (Å²) in [5.74, 6) is 0. The highest BCUT2D eigenvalue weighted by atomic mass is 16.5. The lowest BCUT2D eigenvalue weighted by molar-refractivity contribution is 0.128. The van der Waals surface area contributed by atoms with Crippen LogP contribution in [0.3, 0.4) is 0 Å². The lowest BCUT2D eigenvalue weighted by Gasteiger charge is -2.22. The summed E-state index contributed by atoms with van der Waals surface area (Å²) in [6.45, 7) is 0. The number of hydrogen-bond donors (Lipinski definition) is 1. The number of carbonyl (C=O) groups is 1. The summed E-state index contributed by atoms with van der Waals surface area (Å²) in [7, 11) is 1.29. The molecule has 5 heteroatoms. The van der Waals surface area contributed by atoms with Crippen molar-refractivity contribution in [2.75, 3.05) is 7.11 Å². The fourth-order valence-corrected chi connectivity index (χ4v) is 0.703. The number of allylic oxidation sites excluding steroid dienone is 1. The number of aliphatic imine (C=N–C) groups is 1. The molecular weight excluding hydrogens is 146 g/mol. The molecular formula is C6H9N3O2. The third kappa shape index (κ3) is 1.56. The fourth-order valence-electron chi connectivity index (χ4n) is 0.703. The van der Waals surface area contributed by atoms with Gasteiger partial charge in [-0.1, -0.05) is 0 Å². The summed E-state index contributed by atoms with van der Waals surface area (Å²) in [4.78, 5) is 15.8. The van der Waals surface area contributed by atoms with Crippen LogP contribution in [0.25, 0.3) is 0 Å². The van der Waals surface area contributed by atoms with Crippen LogP contribution in [-0.4, -0.2) is 30.6 Å². The van der Waals surface area contributed by atoms with Crippen molar-refractivity contribution in [3.8, 4) is 0 Å². The molecule has 0 bridgehead atoms. The predicted octanol–water partition coefficient (Wildman–Crippen LogP) is -0.105. The summed E-state index contributed by atoms with van der Waals surface area (Å²) in [5, 5.41) is 0. The van der Waals surface area contributed by atoms with Gasteiger partial charge in [0, 0.05) is 12.4 Å². The van der Waals surface area contributed by atoms with E-state index in [-0.39, 0.29) is 0 Å². The van der Waals surface area contributed by atoms with Crippen molar-refractivity contribution in [2.24, 2.45) is 10.7 Å². The second kappa shape index (κ2) is 3.16. The van der Waals surface area contributed by atoms with Gasteiger partial charge in [-0.15, -0.1) is 0 Å². The van der Waals surface area contributed by atoms with Crippen LogP contribution in [0, 0.1) is 0 Å². The van der Waals surface area contributed by atoms with E-state index in [1.54, 1.807) is 6.08 Å². The van der Waals surface area contributed by atoms with E-state index in [0.29, 0.717) is 0 Å². The van der Waals surface area contributed by atoms with Gasteiger partial charge in [-0.3, -0.25) is 10.7 Å². The van der Waals surface area contributed by atoms with E-state index in [9.17, 15) is 4.79 Å². The second-order valence-electron chi connectivity index (χ2n) is 1.93. The molecule has 5 nitrogen and oxygen atoms in total. The van der Waals surface area contributed by atoms with Crippen molar-refractivity contribution in [3.05, 3.63) is 12.3 Å². The van der Waals surface area contributed by atoms with E-state index < -0.39 is 12.4 Å². The van der Waals surface area contributed by atoms with Crippen LogP contribution >= 0.6 is 0 Å². The lowest BCUT2D eigenvalue weighted by atomic mass is 10.5. The third-order valence-corrected chi connectivity index (χ3v) is 1.24. The molecule has 1 atom stereocenters. The Kier molecular flexibility index (Phi) is 2.22. The van der Waals surface area contributed by atoms with Crippen molar-refractivity contribution < 1.29 is 9.53 Å². The highest BCUT2D eigenvalue weighted by molar-refractivity contribution is 5.76. The zero-order valence-corrected chi connectivity index (χ0v) is 6.10. The second-order valence-corrected chi connectivity index (χ2v) is 1.93. The van der Waals surface area contributed by atoms with Gasteiger partial charge < -0.3 is 4.74 Å². The lowest BCUT2D eigenvalue weighted by Crippen LogP contribution is -2.42. The van der Waals surface area contributed by atoms with Crippen LogP contribution < -0.4 is 5.73 Å². The van der Waals surface area contributed by atoms with E-state index >= 15 is 0 Å². The van der Waals surface area contributed by atoms with E-state index in [0.717, 1.165) is 0 Å². The monoisotopic (exact) mass is 155 g/mol. The van der Waals surface area contributed by atoms with Crippen LogP contribution in [0.2, 0.25) is 0 Å². The standard InChI is InChI=1S/C6H9N3O2/c1-11-6(10)9-4-2-3-8-5(9)7/h2-5H,7H2,1H3. The Bertz CT molecular complexity index is 212. The average molecular weight is 155 g/mol. The number of nitrogens with two attached hydrogens (primary N) is 1. The molecule has 1 rings (SSSR count). The summed E-state index contributed by atoms with van der Waals surface area (Å²) in [5.41, 5.74) is 5.43. The molecule has 2 N–H and O–H groups in total. The first-order valence-electron chi connectivity index (χ1n) is 3.07. The third-order valence-electron chi connectivity index (χ3n) is 1.24. The maximum atomic E-state index is 10.9. The summed E-state index contributed by atoms with van der Waals surface area (Å²) >= 11 is 0. The molecule has 11 heavy (non-hydrogen) atoms. The summed E-state index contributed by atoms with van der Waals surface area (Å²) in [6.07, 6.45) is 3.49. The van der Waals surface area contributed by atoms with Gasteiger partial charge in [-0.05, 0) is 6.08 Å². The zero-order valence-electron chi connectivity index (χ0n) is 6.10. The van der Waals surface area contributed by atoms with Gasteiger partial charge in [-0.2, -0.15) is 0 Å². The van der Waals surface area contributed by atoms with Crippen LogP contribution in [0.1, 0.15) is 0 Å². The number of hydrogen-bond acceptors (Lipinski definition) is 4. The molecule has 0 radical (unpaired) electrons. The average Bonchev–Trinajstić information content (AvgIpc) is 2.04. The molecule has 0 aromatic carbocycles. The first-order valence-corrected chi connectivity index (χ1v) is 3.07. The molecule has 0 fully saturated rings. The molecule has 0 aromatic rings. The van der Waals surface area contributed by atoms with E-state index in [2.05, 4.69) is 9.73 Å². The van der Waals surface area contributed by atoms with Crippen LogP contribution in [0.5, 0.6) is 0 Å². The van der Waals surface area contributed by atoms with Crippen LogP contribution in [0.15, 0.2) is 17.3 Å². The molecule has 60 valence electrons. The number of rotatable bonds is 0. The highest BCUT2D eigenvalue weighted by Crippen LogP contribution is 2.02. The quantitative estimate of drug-likeness (QED) is 0.531. The zero-order chi connectivity index (χ0) is 8.27. The number of carbonyl (C=O) groups excluding carboxylic acids is 1. The van der Waals surface area contributed by atoms with Gasteiger partial charge in [0.05, 0.1) is 7.11 Å². The minimum absolute atomic E-state index is 0.509. The Morgan fingerprint density at radius 1 is 1.82 bits per heavy atom. The molecule has 1 heterocycles. The van der Waals surface area contributed by atoms with Gasteiger partial charge in [-0.25, -0.2) is 9.69 Å². The Hall–Kier alpha value is -1.36. The fraction of sp³-hybridized carbons (Fsp3) is 0.333. The van der Waals surface area contributed by atoms with Gasteiger partial charge in [0.1, 0.15) is 0 Å². The topological polar surface area (TPSA) is 67.9 Å². The van der Waals surface area contributed by atoms with Crippen molar-refractivity contribution in [1.29, 1.82) is 0 Å². The highest BCUT2D eigenvalue weighted by Gasteiger charge is 2.18. The first-order chi connectivity index (χ1) is 5.25. The number of methoxy groups -OCH3 is 1. The van der Waals surface area contributed by atoms with Crippen molar-refractivity contribution in [1.82, 2.24) is 4.90 Å². The number of nitrogens with zero attached hydrogens (tertiary/aromatic N) is 2. The Morgan fingerprint density at radius 2 is 2.55 bits per heavy atom. The number of amides is 1. The maximum absolute atomic E-state index is 10.9. The SMILES string of the molecule is COC(=O)N1C=CC=NC1N. The predicted molar refractivity (Wildman–Crippen MR) is 39.9 cm³/mol. The molecule has 1 aliphatic rings. The molecule has 0 aliphatic carbocycles. The Morgan fingerprint density at radius 3 is 3.09 bits per heavy atom. The molecule has 0 saturated carbocycles. The molecule has 0 spiro atoms. The Labute approximate surface area is 64.1 Å². The molecule has 1 unspecified atom stereocenters. The van der Waals surface area contributed by atoms with Gasteiger partial charge in [0.25, 0.3) is 0 Å². The molecule has 0 aromatic heterocycles. The van der Waals surface area contributed by atoms with Crippen molar-refractivity contribution >= 4 is 12.3 Å². The first kappa shape index (κ1) is 7.74. The maximum Gasteiger partial charge on any atom is 0.416 e. The van der Waals surface area contributed by atoms with Crippen molar-refractivity contribution in [3.63, 3.8) is 0 Å². The van der Waals surface area contributed by atoms with E-state index in [1.165, 1.54) is 24.4 Å². The van der Waals surface area contributed by atoms with E-state index in [4.69, 9.17) is 5.73 Å². The van der Waals surface area contributed by atoms with E-state index in [1.807, 2.05) is 0 Å². The molecule has 1 aliphatic heterocycles. The summed E-state index contributed by atoms with van der Waals surface area (Å²) < 4.78 is 4.44. The minimum atomic E-state index is -0.660. The number of ether oxygens (including phenoxy) is 1. The smallest absolute Gasteiger partial charge is 0.416 e. The molecule has 1 amide bonds. The largest absolute Gasteiger partial charge is 0.452 e. The van der Waals surface area contributed by atoms with Gasteiger partial charge >= 0.3 is 6.09 Å².